The second-order valence-corrected chi connectivity index (χ2v) is 2.47. The van der Waals surface area contributed by atoms with Gasteiger partial charge in [0.1, 0.15) is 5.75 Å². The Labute approximate surface area is 78.6 Å². The van der Waals surface area contributed by atoms with E-state index in [-0.39, 0.29) is 25.2 Å². The van der Waals surface area contributed by atoms with Crippen LogP contribution in [0.25, 0.3) is 0 Å². The topological polar surface area (TPSA) is 20.2 Å². The van der Waals surface area contributed by atoms with Gasteiger partial charge in [0.05, 0.1) is 0 Å². The number of thiol groups is 1. The number of benzene rings is 1. The molecule has 1 rings (SSSR count). The molecule has 1 aromatic carbocycles. The van der Waals surface area contributed by atoms with Crippen LogP contribution in [0.2, 0.25) is 0 Å². The Balaban J connectivity index is 0.000000810. The van der Waals surface area contributed by atoms with Crippen molar-refractivity contribution in [3.63, 3.8) is 0 Å². The first kappa shape index (κ1) is 9.99. The normalized spacial score (nSPS) is 8.60. The summed E-state index contributed by atoms with van der Waals surface area (Å²) in [4.78, 5) is 0.626. The fourth-order valence-corrected chi connectivity index (χ4v) is 0.773. The van der Waals surface area contributed by atoms with E-state index >= 15 is 0 Å². The second kappa shape index (κ2) is 3.99. The van der Waals surface area contributed by atoms with Crippen molar-refractivity contribution in [2.24, 2.45) is 0 Å². The maximum absolute atomic E-state index is 9.02. The van der Waals surface area contributed by atoms with E-state index in [0.717, 1.165) is 5.56 Å². The molecule has 10 heavy (non-hydrogen) atoms. The summed E-state index contributed by atoms with van der Waals surface area (Å²) in [5.74, 6) is 0.248. The van der Waals surface area contributed by atoms with Crippen LogP contribution in [0.4, 0.5) is 0 Å². The van der Waals surface area contributed by atoms with Crippen molar-refractivity contribution in [3.8, 4) is 5.75 Å². The quantitative estimate of drug-likeness (QED) is 0.490. The number of aromatic hydroxyl groups is 1. The van der Waals surface area contributed by atoms with Gasteiger partial charge in [-0.15, -0.1) is 12.6 Å². The summed E-state index contributed by atoms with van der Waals surface area (Å²) in [6.45, 7) is 1.92. The van der Waals surface area contributed by atoms with Crippen LogP contribution >= 0.6 is 12.6 Å². The molecule has 0 saturated carbocycles. The van der Waals surface area contributed by atoms with E-state index in [0.29, 0.717) is 4.90 Å². The smallest absolute Gasteiger partial charge is 0.129 e. The summed E-state index contributed by atoms with van der Waals surface area (Å²) < 4.78 is 0. The molecular weight excluding hydrogens is 198 g/mol. The maximum atomic E-state index is 9.02. The molecule has 0 atom stereocenters. The van der Waals surface area contributed by atoms with Gasteiger partial charge in [0, 0.05) is 24.4 Å². The minimum absolute atomic E-state index is 0. The van der Waals surface area contributed by atoms with Crippen LogP contribution in [0.1, 0.15) is 5.56 Å². The zero-order valence-corrected chi connectivity index (χ0v) is 9.70. The van der Waals surface area contributed by atoms with E-state index in [1.54, 1.807) is 12.1 Å². The Kier molecular flexibility index (Phi) is 3.99. The zero-order valence-electron chi connectivity index (χ0n) is 5.83. The van der Waals surface area contributed by atoms with E-state index < -0.39 is 0 Å². The molecule has 0 aliphatic heterocycles. The van der Waals surface area contributed by atoms with Gasteiger partial charge in [-0.05, 0) is 24.6 Å². The molecular formula is C7H8OSZn. The molecule has 0 bridgehead atoms. The summed E-state index contributed by atoms with van der Waals surface area (Å²) in [7, 11) is 0. The third-order valence-corrected chi connectivity index (χ3v) is 1.51. The average molecular weight is 206 g/mol. The first-order valence-electron chi connectivity index (χ1n) is 2.69. The third kappa shape index (κ3) is 2.32. The predicted molar refractivity (Wildman–Crippen MR) is 40.1 cm³/mol. The molecule has 50 valence electrons. The van der Waals surface area contributed by atoms with E-state index in [4.69, 9.17) is 5.11 Å². The summed E-state index contributed by atoms with van der Waals surface area (Å²) >= 11 is 4.00. The van der Waals surface area contributed by atoms with Gasteiger partial charge in [-0.2, -0.15) is 0 Å². The molecule has 3 heteroatoms. The Hall–Kier alpha value is -0.00662. The summed E-state index contributed by atoms with van der Waals surface area (Å²) in [5, 5.41) is 9.02. The van der Waals surface area contributed by atoms with Gasteiger partial charge >= 0.3 is 0 Å². The van der Waals surface area contributed by atoms with Crippen LogP contribution in [-0.2, 0) is 19.5 Å². The molecule has 0 radical (unpaired) electrons. The number of aryl methyl sites for hydroxylation is 1. The number of rotatable bonds is 0. The van der Waals surface area contributed by atoms with Crippen LogP contribution in [0.15, 0.2) is 23.1 Å². The van der Waals surface area contributed by atoms with Gasteiger partial charge in [0.15, 0.2) is 0 Å². The molecule has 0 aliphatic rings. The molecule has 1 aromatic rings. The molecule has 1 nitrogen and oxygen atoms in total. The Morgan fingerprint density at radius 1 is 1.40 bits per heavy atom. The number of phenols is 1. The summed E-state index contributed by atoms with van der Waals surface area (Å²) in [6, 6.07) is 5.36. The largest absolute Gasteiger partial charge is 0.507 e. The van der Waals surface area contributed by atoms with Gasteiger partial charge in [-0.25, -0.2) is 0 Å². The van der Waals surface area contributed by atoms with Gasteiger partial charge in [-0.3, -0.25) is 0 Å². The Bertz CT molecular complexity index is 225. The van der Waals surface area contributed by atoms with Gasteiger partial charge in [0.25, 0.3) is 0 Å². The van der Waals surface area contributed by atoms with Crippen LogP contribution in [0.3, 0.4) is 0 Å². The molecule has 0 fully saturated rings. The minimum atomic E-state index is 0. The van der Waals surface area contributed by atoms with Crippen molar-refractivity contribution in [2.45, 2.75) is 11.8 Å². The number of hydrogen-bond acceptors (Lipinski definition) is 2. The molecule has 1 N–H and O–H groups in total. The number of phenolic OH excluding ortho intramolecular Hbond substituents is 1. The molecule has 0 aliphatic carbocycles. The van der Waals surface area contributed by atoms with Crippen LogP contribution in [0.5, 0.6) is 5.75 Å². The summed E-state index contributed by atoms with van der Waals surface area (Å²) in [5.41, 5.74) is 1.05. The van der Waals surface area contributed by atoms with Crippen LogP contribution in [-0.4, -0.2) is 5.11 Å². The Morgan fingerprint density at radius 2 is 2.00 bits per heavy atom. The first-order chi connectivity index (χ1) is 4.20. The Morgan fingerprint density at radius 3 is 2.40 bits per heavy atom. The van der Waals surface area contributed by atoms with E-state index in [1.807, 2.05) is 13.0 Å². The van der Waals surface area contributed by atoms with Crippen molar-refractivity contribution in [1.82, 2.24) is 0 Å². The molecule has 0 spiro atoms. The van der Waals surface area contributed by atoms with Crippen molar-refractivity contribution < 1.29 is 24.6 Å². The first-order valence-corrected chi connectivity index (χ1v) is 3.13. The monoisotopic (exact) mass is 204 g/mol. The van der Waals surface area contributed by atoms with Crippen molar-refractivity contribution in [1.29, 1.82) is 0 Å². The summed E-state index contributed by atoms with van der Waals surface area (Å²) in [6.07, 6.45) is 0. The molecule has 0 amide bonds. The molecule has 0 unspecified atom stereocenters. The molecule has 0 heterocycles. The van der Waals surface area contributed by atoms with Crippen LogP contribution in [0, 0.1) is 6.92 Å². The zero-order chi connectivity index (χ0) is 6.85. The second-order valence-electron chi connectivity index (χ2n) is 1.99. The minimum Gasteiger partial charge on any atom is -0.507 e. The molecule has 0 aromatic heterocycles. The fraction of sp³-hybridized carbons (Fsp3) is 0.143. The van der Waals surface area contributed by atoms with Gasteiger partial charge < -0.3 is 5.11 Å². The van der Waals surface area contributed by atoms with Crippen LogP contribution < -0.4 is 0 Å². The van der Waals surface area contributed by atoms with Crippen molar-refractivity contribution >= 4 is 12.6 Å². The van der Waals surface area contributed by atoms with Gasteiger partial charge in [0.2, 0.25) is 0 Å². The van der Waals surface area contributed by atoms with E-state index in [9.17, 15) is 0 Å². The van der Waals surface area contributed by atoms with Crippen molar-refractivity contribution in [2.75, 3.05) is 0 Å². The third-order valence-electron chi connectivity index (χ3n) is 1.13. The maximum Gasteiger partial charge on any atom is 0.129 e. The average Bonchev–Trinajstić information content (AvgIpc) is 1.80. The standard InChI is InChI=1S/C7H8OS.Zn/c1-5-2-3-7(9)6(8)4-5;/h2-4,8-9H,1H3;. The molecule has 0 saturated heterocycles. The predicted octanol–water partition coefficient (Wildman–Crippen LogP) is 1.99. The van der Waals surface area contributed by atoms with E-state index in [1.165, 1.54) is 0 Å². The van der Waals surface area contributed by atoms with E-state index in [2.05, 4.69) is 12.6 Å². The van der Waals surface area contributed by atoms with Crippen molar-refractivity contribution in [3.05, 3.63) is 23.8 Å². The van der Waals surface area contributed by atoms with Gasteiger partial charge in [-0.1, -0.05) is 6.07 Å². The fourth-order valence-electron chi connectivity index (χ4n) is 0.633. The number of hydrogen-bond donors (Lipinski definition) is 2. The SMILES string of the molecule is Cc1ccc(S)c(O)c1.[Zn].